The Morgan fingerprint density at radius 2 is 1.82 bits per heavy atom. The normalized spacial score (nSPS) is 18.7. The fraction of sp³-hybridized carbons (Fsp3) is 0.382. The van der Waals surface area contributed by atoms with E-state index in [-0.39, 0.29) is 50.1 Å². The first-order chi connectivity index (χ1) is 21.9. The van der Waals surface area contributed by atoms with Gasteiger partial charge in [0.05, 0.1) is 39.5 Å². The molecular weight excluding hydrogens is 578 g/mol. The van der Waals surface area contributed by atoms with Crippen LogP contribution in [0.1, 0.15) is 35.7 Å². The summed E-state index contributed by atoms with van der Waals surface area (Å²) in [5.74, 6) is 1.80. The lowest BCUT2D eigenvalue weighted by Gasteiger charge is -2.39. The van der Waals surface area contributed by atoms with Crippen molar-refractivity contribution in [2.24, 2.45) is 0 Å². The molecule has 0 aromatic heterocycles. The molecule has 0 saturated carbocycles. The smallest absolute Gasteiger partial charge is 0.260 e. The highest BCUT2D eigenvalue weighted by Gasteiger charge is 2.34. The minimum Gasteiger partial charge on any atom is -0.497 e. The standard InChI is InChI=1S/C34H39N3O8/c1-4-14-37-20-32(38)35-28-13-15-36(33(39)22-43-26-9-6-8-25(18-26)41-2)19-31(28)44-21-23-7-5-10-27(16-23)45-30-17-24(34(37)40)11-12-29(30)42-3/h5-12,16-18,28,31H,4,13-15,19-22H2,1-3H3,(H,35,38)/t28-,31-/m0/s1. The summed E-state index contributed by atoms with van der Waals surface area (Å²) in [6, 6.07) is 19.1. The van der Waals surface area contributed by atoms with Crippen molar-refractivity contribution in [3.63, 3.8) is 0 Å². The molecular formula is C34H39N3O8. The number of fused-ring (bicyclic) bond motifs is 5. The maximum absolute atomic E-state index is 13.6. The van der Waals surface area contributed by atoms with Crippen molar-refractivity contribution in [3.05, 3.63) is 77.9 Å². The van der Waals surface area contributed by atoms with Gasteiger partial charge in [0.25, 0.3) is 11.8 Å². The molecule has 238 valence electrons. The van der Waals surface area contributed by atoms with E-state index in [2.05, 4.69) is 5.32 Å². The van der Waals surface area contributed by atoms with Gasteiger partial charge in [0.1, 0.15) is 17.2 Å². The van der Waals surface area contributed by atoms with Crippen LogP contribution in [0.25, 0.3) is 0 Å². The Hall–Kier alpha value is -4.77. The second-order valence-corrected chi connectivity index (χ2v) is 11.0. The lowest BCUT2D eigenvalue weighted by Crippen LogP contribution is -2.58. The third-order valence-corrected chi connectivity index (χ3v) is 7.78. The summed E-state index contributed by atoms with van der Waals surface area (Å²) in [7, 11) is 3.10. The predicted molar refractivity (Wildman–Crippen MR) is 166 cm³/mol. The van der Waals surface area contributed by atoms with Crippen LogP contribution in [0.4, 0.5) is 0 Å². The third kappa shape index (κ3) is 8.04. The van der Waals surface area contributed by atoms with Crippen LogP contribution in [0.3, 0.4) is 0 Å². The zero-order valence-corrected chi connectivity index (χ0v) is 25.8. The molecule has 3 aromatic carbocycles. The van der Waals surface area contributed by atoms with Crippen molar-refractivity contribution in [1.29, 1.82) is 0 Å². The number of hydrogen-bond donors (Lipinski definition) is 1. The number of methoxy groups -OCH3 is 2. The van der Waals surface area contributed by atoms with Crippen LogP contribution >= 0.6 is 0 Å². The second kappa shape index (κ2) is 14.8. The average molecular weight is 618 g/mol. The van der Waals surface area contributed by atoms with Crippen LogP contribution in [0.5, 0.6) is 28.7 Å². The monoisotopic (exact) mass is 617 g/mol. The van der Waals surface area contributed by atoms with Gasteiger partial charge in [-0.1, -0.05) is 25.1 Å². The molecule has 0 radical (unpaired) electrons. The quantitative estimate of drug-likeness (QED) is 0.423. The number of likely N-dealkylation sites (tertiary alicyclic amines) is 1. The number of nitrogens with zero attached hydrogens (tertiary/aromatic N) is 2. The van der Waals surface area contributed by atoms with Gasteiger partial charge in [0.2, 0.25) is 5.91 Å². The Morgan fingerprint density at radius 3 is 2.62 bits per heavy atom. The predicted octanol–water partition coefficient (Wildman–Crippen LogP) is 4.04. The van der Waals surface area contributed by atoms with Gasteiger partial charge in [0.15, 0.2) is 18.1 Å². The number of piperidine rings is 1. The number of benzene rings is 3. The largest absolute Gasteiger partial charge is 0.497 e. The Morgan fingerprint density at radius 1 is 1.00 bits per heavy atom. The summed E-state index contributed by atoms with van der Waals surface area (Å²) in [6.07, 6.45) is 0.660. The molecule has 0 spiro atoms. The number of carbonyl (C=O) groups excluding carboxylic acids is 3. The number of nitrogens with one attached hydrogen (secondary N) is 1. The first kappa shape index (κ1) is 31.6. The van der Waals surface area contributed by atoms with Crippen molar-refractivity contribution < 1.29 is 38.1 Å². The fourth-order valence-corrected chi connectivity index (χ4v) is 5.45. The van der Waals surface area contributed by atoms with Gasteiger partial charge in [-0.3, -0.25) is 14.4 Å². The zero-order valence-electron chi connectivity index (χ0n) is 25.8. The molecule has 45 heavy (non-hydrogen) atoms. The summed E-state index contributed by atoms with van der Waals surface area (Å²) < 4.78 is 29.0. The van der Waals surface area contributed by atoms with Crippen molar-refractivity contribution in [1.82, 2.24) is 15.1 Å². The molecule has 11 nitrogen and oxygen atoms in total. The van der Waals surface area contributed by atoms with Crippen molar-refractivity contribution in [3.8, 4) is 28.7 Å². The first-order valence-corrected chi connectivity index (χ1v) is 15.1. The number of rotatable bonds is 7. The van der Waals surface area contributed by atoms with Crippen LogP contribution in [0, 0.1) is 0 Å². The minimum atomic E-state index is -0.496. The Labute approximate surface area is 262 Å². The Balaban J connectivity index is 1.37. The molecule has 2 heterocycles. The minimum absolute atomic E-state index is 0.117. The average Bonchev–Trinajstić information content (AvgIpc) is 3.06. The Kier molecular flexibility index (Phi) is 10.4. The SMILES string of the molecule is CCCN1CC(=O)N[C@H]2CCN(C(=O)COc3cccc(OC)c3)C[C@@H]2OCc2cccc(c2)Oc2cc(ccc2OC)C1=O. The number of ether oxygens (including phenoxy) is 5. The summed E-state index contributed by atoms with van der Waals surface area (Å²) in [5, 5.41) is 3.09. The molecule has 1 N–H and O–H groups in total. The van der Waals surface area contributed by atoms with Crippen molar-refractivity contribution in [2.75, 3.05) is 47.0 Å². The van der Waals surface area contributed by atoms with Crippen LogP contribution < -0.4 is 24.3 Å². The summed E-state index contributed by atoms with van der Waals surface area (Å²) in [6.45, 7) is 3.00. The van der Waals surface area contributed by atoms with E-state index in [4.69, 9.17) is 23.7 Å². The van der Waals surface area contributed by atoms with E-state index in [1.54, 1.807) is 54.5 Å². The van der Waals surface area contributed by atoms with Crippen LogP contribution in [-0.4, -0.2) is 86.7 Å². The molecule has 2 atom stereocenters. The van der Waals surface area contributed by atoms with E-state index >= 15 is 0 Å². The molecule has 0 unspecified atom stereocenters. The van der Waals surface area contributed by atoms with Crippen molar-refractivity contribution >= 4 is 17.7 Å². The molecule has 3 amide bonds. The summed E-state index contributed by atoms with van der Waals surface area (Å²) >= 11 is 0. The second-order valence-electron chi connectivity index (χ2n) is 11.0. The molecule has 4 bridgehead atoms. The van der Waals surface area contributed by atoms with Gasteiger partial charge in [-0.2, -0.15) is 0 Å². The van der Waals surface area contributed by atoms with E-state index in [1.807, 2.05) is 31.2 Å². The molecule has 1 fully saturated rings. The van der Waals surface area contributed by atoms with Gasteiger partial charge in [-0.15, -0.1) is 0 Å². The van der Waals surface area contributed by atoms with Crippen LogP contribution in [-0.2, 0) is 20.9 Å². The lowest BCUT2D eigenvalue weighted by atomic mass is 10.0. The molecule has 0 aliphatic carbocycles. The van der Waals surface area contributed by atoms with Crippen LogP contribution in [0.15, 0.2) is 66.7 Å². The third-order valence-electron chi connectivity index (χ3n) is 7.78. The van der Waals surface area contributed by atoms with Gasteiger partial charge in [-0.25, -0.2) is 0 Å². The van der Waals surface area contributed by atoms with E-state index < -0.39 is 6.10 Å². The number of carbonyl (C=O) groups is 3. The van der Waals surface area contributed by atoms with Gasteiger partial charge >= 0.3 is 0 Å². The van der Waals surface area contributed by atoms with Gasteiger partial charge in [-0.05, 0) is 60.9 Å². The van der Waals surface area contributed by atoms with E-state index in [9.17, 15) is 14.4 Å². The zero-order chi connectivity index (χ0) is 31.8. The molecule has 2 aliphatic rings. The topological polar surface area (TPSA) is 116 Å². The van der Waals surface area contributed by atoms with Gasteiger partial charge < -0.3 is 38.8 Å². The Bertz CT molecular complexity index is 1510. The maximum atomic E-state index is 13.6. The lowest BCUT2D eigenvalue weighted by molar-refractivity contribution is -0.139. The molecule has 2 aliphatic heterocycles. The summed E-state index contributed by atoms with van der Waals surface area (Å²) in [4.78, 5) is 43.3. The number of amides is 3. The summed E-state index contributed by atoms with van der Waals surface area (Å²) in [5.41, 5.74) is 1.23. The van der Waals surface area contributed by atoms with Crippen LogP contribution in [0.2, 0.25) is 0 Å². The first-order valence-electron chi connectivity index (χ1n) is 15.1. The molecule has 11 heteroatoms. The van der Waals surface area contributed by atoms with E-state index in [0.717, 1.165) is 5.56 Å². The highest BCUT2D eigenvalue weighted by Crippen LogP contribution is 2.33. The highest BCUT2D eigenvalue weighted by atomic mass is 16.5. The van der Waals surface area contributed by atoms with E-state index in [0.29, 0.717) is 60.2 Å². The molecule has 5 rings (SSSR count). The molecule has 1 saturated heterocycles. The highest BCUT2D eigenvalue weighted by molar-refractivity contribution is 5.97. The fourth-order valence-electron chi connectivity index (χ4n) is 5.45. The van der Waals surface area contributed by atoms with Gasteiger partial charge in [0, 0.05) is 31.3 Å². The number of hydrogen-bond acceptors (Lipinski definition) is 8. The molecule has 3 aromatic rings. The van der Waals surface area contributed by atoms with E-state index in [1.165, 1.54) is 12.0 Å². The van der Waals surface area contributed by atoms with Crippen molar-refractivity contribution in [2.45, 2.75) is 38.5 Å². The maximum Gasteiger partial charge on any atom is 0.260 e.